The first kappa shape index (κ1) is 16.3. The molecule has 0 saturated heterocycles. The predicted molar refractivity (Wildman–Crippen MR) is 107 cm³/mol. The second-order valence-corrected chi connectivity index (χ2v) is 6.73. The van der Waals surface area contributed by atoms with Gasteiger partial charge in [0.15, 0.2) is 0 Å². The number of nitrogens with zero attached hydrogens (tertiary/aromatic N) is 2. The number of fused-ring (bicyclic) bond motifs is 1. The lowest BCUT2D eigenvalue weighted by Crippen LogP contribution is -2.22. The van der Waals surface area contributed by atoms with Crippen LogP contribution in [0.4, 0.5) is 0 Å². The van der Waals surface area contributed by atoms with Gasteiger partial charge in [-0.05, 0) is 56.2 Å². The molecule has 0 fully saturated rings. The lowest BCUT2D eigenvalue weighted by Gasteiger charge is -2.15. The molecule has 0 N–H and O–H groups in total. The van der Waals surface area contributed by atoms with Crippen LogP contribution in [0.1, 0.15) is 16.7 Å². The Morgan fingerprint density at radius 3 is 2.27 bits per heavy atom. The first-order valence-electron chi connectivity index (χ1n) is 8.71. The lowest BCUT2D eigenvalue weighted by atomic mass is 10.1. The van der Waals surface area contributed by atoms with Crippen LogP contribution in [0.2, 0.25) is 0 Å². The quantitative estimate of drug-likeness (QED) is 0.516. The van der Waals surface area contributed by atoms with Crippen molar-refractivity contribution in [3.63, 3.8) is 0 Å². The van der Waals surface area contributed by atoms with E-state index in [0.29, 0.717) is 16.7 Å². The van der Waals surface area contributed by atoms with Crippen molar-refractivity contribution in [2.24, 2.45) is 0 Å². The van der Waals surface area contributed by atoms with Gasteiger partial charge in [0.2, 0.25) is 0 Å². The Hall–Kier alpha value is -3.20. The molecule has 4 rings (SSSR count). The zero-order chi connectivity index (χ0) is 18.3. The van der Waals surface area contributed by atoms with E-state index in [-0.39, 0.29) is 5.56 Å². The predicted octanol–water partition coefficient (Wildman–Crippen LogP) is 4.98. The van der Waals surface area contributed by atoms with Crippen LogP contribution in [0.3, 0.4) is 0 Å². The summed E-state index contributed by atoms with van der Waals surface area (Å²) in [6, 6.07) is 21.7. The standard InChI is InChI=1S/C23H20N2O/c1-15-8-11-18(12-9-15)22-24-21-7-5-4-6-20(21)23(26)25(22)19-13-10-16(2)17(3)14-19/h4-14H,1-3H3. The molecule has 4 aromatic rings. The summed E-state index contributed by atoms with van der Waals surface area (Å²) in [4.78, 5) is 18.1. The molecule has 0 radical (unpaired) electrons. The minimum atomic E-state index is -0.0468. The van der Waals surface area contributed by atoms with Crippen molar-refractivity contribution in [2.75, 3.05) is 0 Å². The first-order chi connectivity index (χ1) is 12.5. The van der Waals surface area contributed by atoms with Crippen LogP contribution in [0.15, 0.2) is 71.5 Å². The molecule has 26 heavy (non-hydrogen) atoms. The fourth-order valence-corrected chi connectivity index (χ4v) is 3.13. The number of hydrogen-bond donors (Lipinski definition) is 0. The summed E-state index contributed by atoms with van der Waals surface area (Å²) in [5, 5.41) is 0.626. The fourth-order valence-electron chi connectivity index (χ4n) is 3.13. The number of aryl methyl sites for hydroxylation is 3. The molecule has 3 nitrogen and oxygen atoms in total. The average molecular weight is 340 g/mol. The molecule has 0 spiro atoms. The maximum absolute atomic E-state index is 13.3. The highest BCUT2D eigenvalue weighted by molar-refractivity contribution is 5.80. The van der Waals surface area contributed by atoms with Crippen LogP contribution >= 0.6 is 0 Å². The van der Waals surface area contributed by atoms with Crippen molar-refractivity contribution in [3.8, 4) is 17.1 Å². The number of hydrogen-bond acceptors (Lipinski definition) is 2. The zero-order valence-corrected chi connectivity index (χ0v) is 15.2. The van der Waals surface area contributed by atoms with Gasteiger partial charge in [0.05, 0.1) is 16.6 Å². The van der Waals surface area contributed by atoms with Crippen LogP contribution in [0.5, 0.6) is 0 Å². The van der Waals surface area contributed by atoms with E-state index in [1.807, 2.05) is 73.7 Å². The zero-order valence-electron chi connectivity index (χ0n) is 15.2. The SMILES string of the molecule is Cc1ccc(-c2nc3ccccc3c(=O)n2-c2ccc(C)c(C)c2)cc1. The maximum Gasteiger partial charge on any atom is 0.266 e. The number of benzene rings is 3. The fraction of sp³-hybridized carbons (Fsp3) is 0.130. The minimum Gasteiger partial charge on any atom is -0.268 e. The summed E-state index contributed by atoms with van der Waals surface area (Å²) in [6.07, 6.45) is 0. The molecular formula is C23H20N2O. The summed E-state index contributed by atoms with van der Waals surface area (Å²) in [6.45, 7) is 6.18. The Balaban J connectivity index is 2.10. The number of aromatic nitrogens is 2. The number of para-hydroxylation sites is 1. The van der Waals surface area contributed by atoms with Gasteiger partial charge in [0, 0.05) is 5.56 Å². The normalized spacial score (nSPS) is 11.0. The molecule has 0 aliphatic rings. The third-order valence-electron chi connectivity index (χ3n) is 4.83. The van der Waals surface area contributed by atoms with Gasteiger partial charge in [-0.3, -0.25) is 9.36 Å². The van der Waals surface area contributed by atoms with Crippen molar-refractivity contribution in [3.05, 3.63) is 93.8 Å². The first-order valence-corrected chi connectivity index (χ1v) is 8.71. The van der Waals surface area contributed by atoms with E-state index in [1.54, 1.807) is 4.57 Å². The monoisotopic (exact) mass is 340 g/mol. The Bertz CT molecular complexity index is 1170. The molecule has 0 bridgehead atoms. The molecule has 0 unspecified atom stereocenters. The second kappa shape index (κ2) is 6.26. The largest absolute Gasteiger partial charge is 0.268 e. The molecule has 0 saturated carbocycles. The van der Waals surface area contributed by atoms with Gasteiger partial charge in [-0.25, -0.2) is 4.98 Å². The average Bonchev–Trinajstić information content (AvgIpc) is 2.65. The molecule has 0 aliphatic heterocycles. The highest BCUT2D eigenvalue weighted by Crippen LogP contribution is 2.23. The molecule has 0 amide bonds. The van der Waals surface area contributed by atoms with E-state index in [4.69, 9.17) is 4.98 Å². The van der Waals surface area contributed by atoms with Crippen LogP contribution in [0, 0.1) is 20.8 Å². The number of rotatable bonds is 2. The van der Waals surface area contributed by atoms with Crippen molar-refractivity contribution in [1.82, 2.24) is 9.55 Å². The summed E-state index contributed by atoms with van der Waals surface area (Å²) in [7, 11) is 0. The van der Waals surface area contributed by atoms with Crippen LogP contribution in [-0.4, -0.2) is 9.55 Å². The summed E-state index contributed by atoms with van der Waals surface area (Å²) >= 11 is 0. The van der Waals surface area contributed by atoms with Crippen LogP contribution in [-0.2, 0) is 0 Å². The van der Waals surface area contributed by atoms with E-state index < -0.39 is 0 Å². The molecule has 0 aliphatic carbocycles. The highest BCUT2D eigenvalue weighted by atomic mass is 16.1. The third-order valence-corrected chi connectivity index (χ3v) is 4.83. The second-order valence-electron chi connectivity index (χ2n) is 6.73. The molecule has 1 heterocycles. The Labute approximate surface area is 152 Å². The van der Waals surface area contributed by atoms with Gasteiger partial charge in [-0.2, -0.15) is 0 Å². The molecule has 3 aromatic carbocycles. The molecule has 0 atom stereocenters. The van der Waals surface area contributed by atoms with Gasteiger partial charge in [0.25, 0.3) is 5.56 Å². The maximum atomic E-state index is 13.3. The van der Waals surface area contributed by atoms with Gasteiger partial charge in [-0.15, -0.1) is 0 Å². The van der Waals surface area contributed by atoms with Gasteiger partial charge in [0.1, 0.15) is 5.82 Å². The molecule has 3 heteroatoms. The van der Waals surface area contributed by atoms with Crippen molar-refractivity contribution in [2.45, 2.75) is 20.8 Å². The van der Waals surface area contributed by atoms with E-state index in [9.17, 15) is 4.79 Å². The Kier molecular flexibility index (Phi) is 3.92. The Morgan fingerprint density at radius 2 is 1.54 bits per heavy atom. The van der Waals surface area contributed by atoms with Crippen LogP contribution in [0.25, 0.3) is 28.0 Å². The van der Waals surface area contributed by atoms with Gasteiger partial charge < -0.3 is 0 Å². The summed E-state index contributed by atoms with van der Waals surface area (Å²) < 4.78 is 1.72. The lowest BCUT2D eigenvalue weighted by molar-refractivity contribution is 0.972. The van der Waals surface area contributed by atoms with E-state index in [2.05, 4.69) is 13.8 Å². The minimum absolute atomic E-state index is 0.0468. The summed E-state index contributed by atoms with van der Waals surface area (Å²) in [5.41, 5.74) is 5.96. The van der Waals surface area contributed by atoms with Crippen LogP contribution < -0.4 is 5.56 Å². The third kappa shape index (κ3) is 2.72. The smallest absolute Gasteiger partial charge is 0.266 e. The van der Waals surface area contributed by atoms with Gasteiger partial charge in [-0.1, -0.05) is 48.0 Å². The molecule has 1 aromatic heterocycles. The van der Waals surface area contributed by atoms with Crippen molar-refractivity contribution < 1.29 is 0 Å². The van der Waals surface area contributed by atoms with E-state index in [1.165, 1.54) is 11.1 Å². The van der Waals surface area contributed by atoms with Gasteiger partial charge >= 0.3 is 0 Å². The molecule has 128 valence electrons. The Morgan fingerprint density at radius 1 is 0.808 bits per heavy atom. The topological polar surface area (TPSA) is 34.9 Å². The molecular weight excluding hydrogens is 320 g/mol. The van der Waals surface area contributed by atoms with E-state index >= 15 is 0 Å². The van der Waals surface area contributed by atoms with E-state index in [0.717, 1.165) is 16.8 Å². The van der Waals surface area contributed by atoms with Crippen molar-refractivity contribution >= 4 is 10.9 Å². The summed E-state index contributed by atoms with van der Waals surface area (Å²) in [5.74, 6) is 0.664. The highest BCUT2D eigenvalue weighted by Gasteiger charge is 2.14. The van der Waals surface area contributed by atoms with Crippen molar-refractivity contribution in [1.29, 1.82) is 0 Å².